The van der Waals surface area contributed by atoms with Gasteiger partial charge in [0.1, 0.15) is 5.82 Å². The van der Waals surface area contributed by atoms with Gasteiger partial charge < -0.3 is 4.98 Å². The van der Waals surface area contributed by atoms with Crippen LogP contribution in [0.25, 0.3) is 11.0 Å². The molecule has 0 saturated heterocycles. The average Bonchev–Trinajstić information content (AvgIpc) is 2.45. The Morgan fingerprint density at radius 3 is 2.64 bits per heavy atom. The maximum atomic E-state index is 12.6. The lowest BCUT2D eigenvalue weighted by atomic mass is 10.3. The number of nitrogens with one attached hydrogen (secondary N) is 1. The summed E-state index contributed by atoms with van der Waals surface area (Å²) in [4.78, 5) is 13.6. The van der Waals surface area contributed by atoms with Crippen LogP contribution in [0.4, 0.5) is 4.39 Å². The Labute approximate surface area is 81.2 Å². The molecular weight excluding hydrogens is 183 g/mol. The molecule has 0 saturated carbocycles. The first-order valence-corrected chi connectivity index (χ1v) is 4.53. The molecule has 0 unspecified atom stereocenters. The number of benzene rings is 1. The molecule has 0 atom stereocenters. The third-order valence-corrected chi connectivity index (χ3v) is 1.87. The Balaban J connectivity index is 0.000000461. The van der Waals surface area contributed by atoms with E-state index in [0.717, 1.165) is 0 Å². The molecule has 0 radical (unpaired) electrons. The van der Waals surface area contributed by atoms with Crippen LogP contribution in [-0.4, -0.2) is 9.55 Å². The first-order valence-electron chi connectivity index (χ1n) is 4.53. The molecule has 4 heteroatoms. The highest BCUT2D eigenvalue weighted by atomic mass is 19.1. The zero-order chi connectivity index (χ0) is 10.7. The number of aromatic nitrogens is 2. The standard InChI is InChI=1S/C8H7FN2O.C2H6/c1-11-7-3-2-5(9)4-6(7)10-8(11)12;1-2/h2-4H,1H3,(H,10,12);1-2H3. The Morgan fingerprint density at radius 2 is 2.00 bits per heavy atom. The quantitative estimate of drug-likeness (QED) is 0.687. The minimum atomic E-state index is -0.343. The number of H-pyrrole nitrogens is 1. The fourth-order valence-electron chi connectivity index (χ4n) is 1.21. The smallest absolute Gasteiger partial charge is 0.305 e. The molecule has 1 aromatic carbocycles. The van der Waals surface area contributed by atoms with Gasteiger partial charge in [-0.05, 0) is 18.2 Å². The van der Waals surface area contributed by atoms with Crippen LogP contribution in [0.15, 0.2) is 23.0 Å². The van der Waals surface area contributed by atoms with Crippen molar-refractivity contribution in [1.82, 2.24) is 9.55 Å². The lowest BCUT2D eigenvalue weighted by Gasteiger charge is -1.91. The van der Waals surface area contributed by atoms with Gasteiger partial charge in [-0.3, -0.25) is 4.57 Å². The second-order valence-corrected chi connectivity index (χ2v) is 2.65. The maximum Gasteiger partial charge on any atom is 0.326 e. The van der Waals surface area contributed by atoms with Crippen LogP contribution in [-0.2, 0) is 7.05 Å². The zero-order valence-corrected chi connectivity index (χ0v) is 8.47. The summed E-state index contributed by atoms with van der Waals surface area (Å²) >= 11 is 0. The molecule has 0 aliphatic rings. The van der Waals surface area contributed by atoms with Crippen molar-refractivity contribution in [1.29, 1.82) is 0 Å². The molecule has 0 fully saturated rings. The fraction of sp³-hybridized carbons (Fsp3) is 0.300. The number of aromatic amines is 1. The lowest BCUT2D eigenvalue weighted by molar-refractivity contribution is 0.629. The highest BCUT2D eigenvalue weighted by Gasteiger charge is 2.02. The van der Waals surface area contributed by atoms with E-state index in [1.807, 2.05) is 13.8 Å². The molecule has 0 bridgehead atoms. The predicted octanol–water partition coefficient (Wildman–Crippen LogP) is 2.03. The van der Waals surface area contributed by atoms with Crippen LogP contribution >= 0.6 is 0 Å². The first kappa shape index (κ1) is 10.5. The van der Waals surface area contributed by atoms with Gasteiger partial charge in [-0.1, -0.05) is 13.8 Å². The van der Waals surface area contributed by atoms with Gasteiger partial charge in [-0.15, -0.1) is 0 Å². The van der Waals surface area contributed by atoms with Crippen LogP contribution in [0, 0.1) is 5.82 Å². The van der Waals surface area contributed by atoms with Crippen LogP contribution < -0.4 is 5.69 Å². The maximum absolute atomic E-state index is 12.6. The van der Waals surface area contributed by atoms with Crippen molar-refractivity contribution in [3.05, 3.63) is 34.5 Å². The molecule has 1 N–H and O–H groups in total. The van der Waals surface area contributed by atoms with E-state index in [2.05, 4.69) is 4.98 Å². The van der Waals surface area contributed by atoms with Crippen molar-refractivity contribution < 1.29 is 4.39 Å². The van der Waals surface area contributed by atoms with E-state index < -0.39 is 0 Å². The summed E-state index contributed by atoms with van der Waals surface area (Å²) in [5.41, 5.74) is 1.01. The van der Waals surface area contributed by atoms with Crippen LogP contribution in [0.2, 0.25) is 0 Å². The monoisotopic (exact) mass is 196 g/mol. The number of hydrogen-bond donors (Lipinski definition) is 1. The number of halogens is 1. The van der Waals surface area contributed by atoms with E-state index in [4.69, 9.17) is 0 Å². The minimum Gasteiger partial charge on any atom is -0.305 e. The van der Waals surface area contributed by atoms with Gasteiger partial charge in [0.25, 0.3) is 0 Å². The van der Waals surface area contributed by atoms with Crippen molar-refractivity contribution in [2.24, 2.45) is 7.05 Å². The highest BCUT2D eigenvalue weighted by Crippen LogP contribution is 2.09. The molecule has 1 aromatic heterocycles. The van der Waals surface area contributed by atoms with Crippen molar-refractivity contribution in [3.8, 4) is 0 Å². The number of imidazole rings is 1. The molecule has 1 heterocycles. The molecular formula is C10H13FN2O. The number of rotatable bonds is 0. The zero-order valence-electron chi connectivity index (χ0n) is 8.47. The number of fused-ring (bicyclic) bond motifs is 1. The topological polar surface area (TPSA) is 37.8 Å². The summed E-state index contributed by atoms with van der Waals surface area (Å²) in [6.07, 6.45) is 0. The lowest BCUT2D eigenvalue weighted by Crippen LogP contribution is -2.11. The summed E-state index contributed by atoms with van der Waals surface area (Å²) in [5.74, 6) is -0.343. The van der Waals surface area contributed by atoms with Gasteiger partial charge in [0, 0.05) is 7.05 Å². The molecule has 76 valence electrons. The van der Waals surface area contributed by atoms with Gasteiger partial charge in [0.05, 0.1) is 11.0 Å². The average molecular weight is 196 g/mol. The van der Waals surface area contributed by atoms with Crippen LogP contribution in [0.5, 0.6) is 0 Å². The second-order valence-electron chi connectivity index (χ2n) is 2.65. The van der Waals surface area contributed by atoms with Crippen molar-refractivity contribution >= 4 is 11.0 Å². The molecule has 2 aromatic rings. The van der Waals surface area contributed by atoms with E-state index in [0.29, 0.717) is 11.0 Å². The molecule has 0 spiro atoms. The van der Waals surface area contributed by atoms with Crippen molar-refractivity contribution in [2.75, 3.05) is 0 Å². The number of hydrogen-bond acceptors (Lipinski definition) is 1. The molecule has 3 nitrogen and oxygen atoms in total. The summed E-state index contributed by atoms with van der Waals surface area (Å²) < 4.78 is 14.1. The van der Waals surface area contributed by atoms with Gasteiger partial charge in [0.15, 0.2) is 0 Å². The summed E-state index contributed by atoms with van der Waals surface area (Å²) in [7, 11) is 1.64. The molecule has 0 aliphatic carbocycles. The van der Waals surface area contributed by atoms with Crippen LogP contribution in [0.1, 0.15) is 13.8 Å². The third-order valence-electron chi connectivity index (χ3n) is 1.87. The predicted molar refractivity (Wildman–Crippen MR) is 54.8 cm³/mol. The summed E-state index contributed by atoms with van der Waals surface area (Å²) in [6.45, 7) is 4.00. The van der Waals surface area contributed by atoms with Gasteiger partial charge in [0.2, 0.25) is 0 Å². The van der Waals surface area contributed by atoms with Crippen LogP contribution in [0.3, 0.4) is 0 Å². The first-order chi connectivity index (χ1) is 6.68. The van der Waals surface area contributed by atoms with E-state index in [9.17, 15) is 9.18 Å². The van der Waals surface area contributed by atoms with Crippen molar-refractivity contribution in [3.63, 3.8) is 0 Å². The van der Waals surface area contributed by atoms with E-state index in [-0.39, 0.29) is 11.5 Å². The third kappa shape index (κ3) is 1.69. The normalized spacial score (nSPS) is 9.71. The molecule has 2 rings (SSSR count). The van der Waals surface area contributed by atoms with E-state index in [1.54, 1.807) is 13.1 Å². The number of aryl methyl sites for hydroxylation is 1. The van der Waals surface area contributed by atoms with E-state index in [1.165, 1.54) is 16.7 Å². The largest absolute Gasteiger partial charge is 0.326 e. The fourth-order valence-corrected chi connectivity index (χ4v) is 1.21. The minimum absolute atomic E-state index is 0.226. The Bertz CT molecular complexity index is 484. The second kappa shape index (κ2) is 4.09. The Morgan fingerprint density at radius 1 is 1.36 bits per heavy atom. The summed E-state index contributed by atoms with van der Waals surface area (Å²) in [5, 5.41) is 0. The molecule has 0 amide bonds. The SMILES string of the molecule is CC.Cn1c(=O)[nH]c2cc(F)ccc21. The summed E-state index contributed by atoms with van der Waals surface area (Å²) in [6, 6.07) is 4.20. The Kier molecular flexibility index (Phi) is 3.06. The van der Waals surface area contributed by atoms with Gasteiger partial charge in [-0.25, -0.2) is 9.18 Å². The molecule has 14 heavy (non-hydrogen) atoms. The van der Waals surface area contributed by atoms with Gasteiger partial charge in [-0.2, -0.15) is 0 Å². The number of nitrogens with zero attached hydrogens (tertiary/aromatic N) is 1. The van der Waals surface area contributed by atoms with E-state index >= 15 is 0 Å². The highest BCUT2D eigenvalue weighted by molar-refractivity contribution is 5.74. The van der Waals surface area contributed by atoms with Gasteiger partial charge >= 0.3 is 5.69 Å². The molecule has 0 aliphatic heterocycles. The Hall–Kier alpha value is -1.58. The van der Waals surface area contributed by atoms with Crippen molar-refractivity contribution in [2.45, 2.75) is 13.8 Å².